The number of benzene rings is 1. The van der Waals surface area contributed by atoms with Crippen molar-refractivity contribution in [1.82, 2.24) is 0 Å². The number of hydrogen-bond donors (Lipinski definition) is 0. The molecule has 0 heterocycles. The van der Waals surface area contributed by atoms with Crippen LogP contribution in [0, 0.1) is 62.1 Å². The number of rotatable bonds is 1. The van der Waals surface area contributed by atoms with Gasteiger partial charge < -0.3 is 0 Å². The zero-order chi connectivity index (χ0) is 17.9. The van der Waals surface area contributed by atoms with Crippen molar-refractivity contribution in [3.05, 3.63) is 71.8 Å². The summed E-state index contributed by atoms with van der Waals surface area (Å²) in [7, 11) is 0. The van der Waals surface area contributed by atoms with Gasteiger partial charge in [-0.1, -0.05) is 66.3 Å². The van der Waals surface area contributed by atoms with E-state index in [0.29, 0.717) is 6.42 Å². The molecule has 1 fully saturated rings. The van der Waals surface area contributed by atoms with Gasteiger partial charge in [0.15, 0.2) is 10.8 Å². The standard InChI is InChI=1S/C21H14N4/c22-12-20(13-23)18-10-6-2-5-9-17(11-18)19(21(20,14-24)15-25)16-7-3-1-4-8-16/h1-10,18-19H,11H2/b5-2-,10-6-,17-9+/t18-,19+/m0/s1. The maximum Gasteiger partial charge on any atom is 0.186 e. The first kappa shape index (κ1) is 16.3. The SMILES string of the molecule is N#CC1(C#N)[C@H]2\C=C/C=C\C=C(/C2)[C@@H](c2ccccc2)C1(C#N)C#N. The summed E-state index contributed by atoms with van der Waals surface area (Å²) in [6.45, 7) is 0. The maximum atomic E-state index is 10.0. The predicted octanol–water partition coefficient (Wildman–Crippen LogP) is 3.91. The Bertz CT molecular complexity index is 911. The molecule has 0 aromatic heterocycles. The average Bonchev–Trinajstić information content (AvgIpc) is 2.65. The van der Waals surface area contributed by atoms with Gasteiger partial charge in [-0.15, -0.1) is 0 Å². The van der Waals surface area contributed by atoms with E-state index in [1.165, 1.54) is 0 Å². The molecule has 0 saturated heterocycles. The van der Waals surface area contributed by atoms with Gasteiger partial charge >= 0.3 is 0 Å². The van der Waals surface area contributed by atoms with E-state index in [1.807, 2.05) is 48.6 Å². The monoisotopic (exact) mass is 322 g/mol. The Labute approximate surface area is 146 Å². The molecule has 0 unspecified atom stereocenters. The lowest BCUT2D eigenvalue weighted by Crippen LogP contribution is -2.51. The first-order chi connectivity index (χ1) is 12.2. The minimum atomic E-state index is -1.79. The van der Waals surface area contributed by atoms with E-state index < -0.39 is 22.7 Å². The summed E-state index contributed by atoms with van der Waals surface area (Å²) < 4.78 is 0. The van der Waals surface area contributed by atoms with Crippen molar-refractivity contribution in [1.29, 1.82) is 21.0 Å². The molecule has 4 heteroatoms. The summed E-state index contributed by atoms with van der Waals surface area (Å²) in [6.07, 6.45) is 9.59. The highest BCUT2D eigenvalue weighted by Gasteiger charge is 2.66. The fraction of sp³-hybridized carbons (Fsp3) is 0.238. The fourth-order valence-corrected chi connectivity index (χ4v) is 3.95. The van der Waals surface area contributed by atoms with Crippen LogP contribution in [0.2, 0.25) is 0 Å². The van der Waals surface area contributed by atoms with Crippen LogP contribution in [-0.4, -0.2) is 0 Å². The summed E-state index contributed by atoms with van der Waals surface area (Å²) in [5.74, 6) is -1.15. The van der Waals surface area contributed by atoms with Gasteiger partial charge in [-0.2, -0.15) is 21.0 Å². The van der Waals surface area contributed by atoms with Crippen LogP contribution < -0.4 is 0 Å². The van der Waals surface area contributed by atoms with Gasteiger partial charge in [0.2, 0.25) is 0 Å². The van der Waals surface area contributed by atoms with Gasteiger partial charge in [0.25, 0.3) is 0 Å². The van der Waals surface area contributed by atoms with Crippen LogP contribution in [0.4, 0.5) is 0 Å². The van der Waals surface area contributed by atoms with Crippen molar-refractivity contribution in [2.75, 3.05) is 0 Å². The number of allylic oxidation sites excluding steroid dienone is 6. The predicted molar refractivity (Wildman–Crippen MR) is 91.0 cm³/mol. The summed E-state index contributed by atoms with van der Waals surface area (Å²) >= 11 is 0. The summed E-state index contributed by atoms with van der Waals surface area (Å²) in [4.78, 5) is 0. The summed E-state index contributed by atoms with van der Waals surface area (Å²) in [6, 6.07) is 17.5. The molecular weight excluding hydrogens is 308 g/mol. The molecule has 0 aliphatic heterocycles. The highest BCUT2D eigenvalue weighted by molar-refractivity contribution is 5.52. The second-order valence-corrected chi connectivity index (χ2v) is 6.23. The van der Waals surface area contributed by atoms with Crippen LogP contribution in [-0.2, 0) is 0 Å². The molecule has 3 rings (SSSR count). The zero-order valence-electron chi connectivity index (χ0n) is 13.4. The van der Waals surface area contributed by atoms with Crippen molar-refractivity contribution in [3.63, 3.8) is 0 Å². The third kappa shape index (κ3) is 2.10. The average molecular weight is 322 g/mol. The van der Waals surface area contributed by atoms with E-state index in [9.17, 15) is 21.0 Å². The zero-order valence-corrected chi connectivity index (χ0v) is 13.4. The first-order valence-electron chi connectivity index (χ1n) is 7.93. The van der Waals surface area contributed by atoms with Crippen LogP contribution in [0.3, 0.4) is 0 Å². The maximum absolute atomic E-state index is 10.0. The van der Waals surface area contributed by atoms with E-state index in [4.69, 9.17) is 0 Å². The normalized spacial score (nSPS) is 29.7. The molecular formula is C21H14N4. The highest BCUT2D eigenvalue weighted by atomic mass is 14.6. The van der Waals surface area contributed by atoms with Crippen LogP contribution in [0.15, 0.2) is 66.3 Å². The smallest absolute Gasteiger partial charge is 0.186 e. The van der Waals surface area contributed by atoms with Crippen molar-refractivity contribution < 1.29 is 0 Å². The Kier molecular flexibility index (Phi) is 3.99. The Morgan fingerprint density at radius 1 is 0.800 bits per heavy atom. The number of nitrogens with zero attached hydrogens (tertiary/aromatic N) is 4. The molecule has 118 valence electrons. The molecule has 0 radical (unpaired) electrons. The van der Waals surface area contributed by atoms with Gasteiger partial charge in [0.05, 0.1) is 24.3 Å². The molecule has 4 nitrogen and oxygen atoms in total. The Morgan fingerprint density at radius 2 is 1.44 bits per heavy atom. The van der Waals surface area contributed by atoms with Gasteiger partial charge in [-0.3, -0.25) is 0 Å². The Morgan fingerprint density at radius 3 is 2.04 bits per heavy atom. The highest BCUT2D eigenvalue weighted by Crippen LogP contribution is 2.61. The lowest BCUT2D eigenvalue weighted by Gasteiger charge is -2.47. The second kappa shape index (κ2) is 6.13. The topological polar surface area (TPSA) is 95.2 Å². The van der Waals surface area contributed by atoms with Gasteiger partial charge in [0.1, 0.15) is 0 Å². The second-order valence-electron chi connectivity index (χ2n) is 6.23. The molecule has 0 N–H and O–H groups in total. The lowest BCUT2D eigenvalue weighted by molar-refractivity contribution is 0.163. The van der Waals surface area contributed by atoms with Crippen molar-refractivity contribution in [3.8, 4) is 24.3 Å². The van der Waals surface area contributed by atoms with E-state index in [1.54, 1.807) is 12.2 Å². The molecule has 2 bridgehead atoms. The van der Waals surface area contributed by atoms with E-state index in [0.717, 1.165) is 11.1 Å². The molecule has 2 aliphatic carbocycles. The third-order valence-corrected chi connectivity index (χ3v) is 5.15. The van der Waals surface area contributed by atoms with Crippen LogP contribution in [0.1, 0.15) is 17.9 Å². The minimum Gasteiger partial charge on any atom is -0.196 e. The van der Waals surface area contributed by atoms with Crippen LogP contribution >= 0.6 is 0 Å². The lowest BCUT2D eigenvalue weighted by atomic mass is 9.47. The summed E-state index contributed by atoms with van der Waals surface area (Å²) in [5.41, 5.74) is -1.87. The van der Waals surface area contributed by atoms with Crippen LogP contribution in [0.5, 0.6) is 0 Å². The quantitative estimate of drug-likeness (QED) is 0.783. The van der Waals surface area contributed by atoms with Gasteiger partial charge in [-0.05, 0) is 12.0 Å². The fourth-order valence-electron chi connectivity index (χ4n) is 3.95. The molecule has 0 spiro atoms. The number of nitriles is 4. The van der Waals surface area contributed by atoms with Crippen molar-refractivity contribution >= 4 is 0 Å². The molecule has 2 atom stereocenters. The van der Waals surface area contributed by atoms with Crippen molar-refractivity contribution in [2.45, 2.75) is 12.3 Å². The van der Waals surface area contributed by atoms with E-state index in [-0.39, 0.29) is 0 Å². The summed E-state index contributed by atoms with van der Waals surface area (Å²) in [5, 5.41) is 40.0. The number of fused-ring (bicyclic) bond motifs is 2. The largest absolute Gasteiger partial charge is 0.196 e. The van der Waals surface area contributed by atoms with Crippen LogP contribution in [0.25, 0.3) is 0 Å². The molecule has 2 aliphatic rings. The van der Waals surface area contributed by atoms with Gasteiger partial charge in [-0.25, -0.2) is 0 Å². The molecule has 0 amide bonds. The Hall–Kier alpha value is -3.60. The molecule has 1 aromatic rings. The first-order valence-corrected chi connectivity index (χ1v) is 7.93. The number of hydrogen-bond acceptors (Lipinski definition) is 4. The third-order valence-electron chi connectivity index (χ3n) is 5.15. The minimum absolute atomic E-state index is 0.465. The van der Waals surface area contributed by atoms with Gasteiger partial charge in [0, 0.05) is 11.8 Å². The van der Waals surface area contributed by atoms with Crippen molar-refractivity contribution in [2.24, 2.45) is 16.7 Å². The molecule has 1 saturated carbocycles. The molecule has 1 aromatic carbocycles. The van der Waals surface area contributed by atoms with E-state index >= 15 is 0 Å². The van der Waals surface area contributed by atoms with E-state index in [2.05, 4.69) is 24.3 Å². The Balaban J connectivity index is 2.40. The molecule has 25 heavy (non-hydrogen) atoms.